The number of imidazole rings is 1. The molecular formula is C9H8N4O. The Bertz CT molecular complexity index is 463. The lowest BCUT2D eigenvalue weighted by Crippen LogP contribution is -2.00. The molecule has 2 heterocycles. The quantitative estimate of drug-likeness (QED) is 0.702. The second-order valence-electron chi connectivity index (χ2n) is 2.75. The van der Waals surface area contributed by atoms with Gasteiger partial charge in [-0.1, -0.05) is 0 Å². The van der Waals surface area contributed by atoms with Crippen LogP contribution in [0.3, 0.4) is 0 Å². The van der Waals surface area contributed by atoms with Crippen molar-refractivity contribution in [2.45, 2.75) is 0 Å². The van der Waals surface area contributed by atoms with Crippen molar-refractivity contribution >= 4 is 12.2 Å². The summed E-state index contributed by atoms with van der Waals surface area (Å²) in [4.78, 5) is 18.3. The molecule has 0 saturated carbocycles. The summed E-state index contributed by atoms with van der Waals surface area (Å²) in [6.45, 7) is 0. The van der Waals surface area contributed by atoms with Crippen LogP contribution in [0.2, 0.25) is 0 Å². The molecule has 5 nitrogen and oxygen atoms in total. The molecule has 2 rings (SSSR count). The van der Waals surface area contributed by atoms with Crippen LogP contribution in [0.15, 0.2) is 30.9 Å². The highest BCUT2D eigenvalue weighted by atomic mass is 16.1. The molecule has 0 aliphatic carbocycles. The van der Waals surface area contributed by atoms with E-state index in [1.165, 1.54) is 6.20 Å². The molecular weight excluding hydrogens is 180 g/mol. The second kappa shape index (κ2) is 3.29. The minimum atomic E-state index is 0.370. The van der Waals surface area contributed by atoms with E-state index in [4.69, 9.17) is 5.73 Å². The van der Waals surface area contributed by atoms with E-state index in [1.54, 1.807) is 29.2 Å². The van der Waals surface area contributed by atoms with E-state index in [-0.39, 0.29) is 0 Å². The van der Waals surface area contributed by atoms with E-state index in [9.17, 15) is 4.79 Å². The fourth-order valence-corrected chi connectivity index (χ4v) is 1.17. The van der Waals surface area contributed by atoms with Gasteiger partial charge in [0.05, 0.1) is 11.9 Å². The monoisotopic (exact) mass is 188 g/mol. The van der Waals surface area contributed by atoms with Crippen molar-refractivity contribution in [1.29, 1.82) is 0 Å². The minimum absolute atomic E-state index is 0.370. The number of nitrogens with two attached hydrogens (primary N) is 1. The molecule has 0 amide bonds. The van der Waals surface area contributed by atoms with Gasteiger partial charge < -0.3 is 5.73 Å². The van der Waals surface area contributed by atoms with Gasteiger partial charge in [0.1, 0.15) is 0 Å². The fourth-order valence-electron chi connectivity index (χ4n) is 1.17. The van der Waals surface area contributed by atoms with Crippen LogP contribution in [0.25, 0.3) is 5.69 Å². The highest BCUT2D eigenvalue weighted by Crippen LogP contribution is 2.11. The lowest BCUT2D eigenvalue weighted by atomic mass is 10.3. The second-order valence-corrected chi connectivity index (χ2v) is 2.75. The van der Waals surface area contributed by atoms with E-state index in [0.717, 1.165) is 12.0 Å². The number of carbonyl (C=O) groups is 1. The first-order valence-corrected chi connectivity index (χ1v) is 4.00. The Hall–Kier alpha value is -2.17. The molecule has 0 spiro atoms. The third-order valence-corrected chi connectivity index (χ3v) is 1.83. The van der Waals surface area contributed by atoms with Crippen LogP contribution >= 0.6 is 0 Å². The molecule has 0 aliphatic heterocycles. The van der Waals surface area contributed by atoms with Crippen molar-refractivity contribution in [3.05, 3.63) is 36.4 Å². The summed E-state index contributed by atoms with van der Waals surface area (Å²) in [7, 11) is 0. The number of hydrogen-bond acceptors (Lipinski definition) is 4. The first-order valence-electron chi connectivity index (χ1n) is 4.00. The highest BCUT2D eigenvalue weighted by Gasteiger charge is 2.01. The standard InChI is InChI=1S/C9H8N4O/c10-9-12-1-2-13(9)8-3-7(6-14)4-11-5-8/h1-6H,(H2,10,12). The molecule has 0 atom stereocenters. The van der Waals surface area contributed by atoms with E-state index in [1.807, 2.05) is 0 Å². The van der Waals surface area contributed by atoms with Crippen LogP contribution in [0.1, 0.15) is 10.4 Å². The number of nitrogens with zero attached hydrogens (tertiary/aromatic N) is 3. The van der Waals surface area contributed by atoms with Gasteiger partial charge in [-0.15, -0.1) is 0 Å². The minimum Gasteiger partial charge on any atom is -0.369 e. The van der Waals surface area contributed by atoms with Gasteiger partial charge in [0, 0.05) is 24.2 Å². The number of aldehydes is 1. The van der Waals surface area contributed by atoms with Crippen molar-refractivity contribution < 1.29 is 4.79 Å². The lowest BCUT2D eigenvalue weighted by molar-refractivity contribution is 0.112. The maximum absolute atomic E-state index is 10.5. The zero-order chi connectivity index (χ0) is 9.97. The molecule has 14 heavy (non-hydrogen) atoms. The van der Waals surface area contributed by atoms with Crippen molar-refractivity contribution in [1.82, 2.24) is 14.5 Å². The lowest BCUT2D eigenvalue weighted by Gasteiger charge is -2.03. The summed E-state index contributed by atoms with van der Waals surface area (Å²) in [6.07, 6.45) is 7.14. The molecule has 5 heteroatoms. The largest absolute Gasteiger partial charge is 0.369 e. The van der Waals surface area contributed by atoms with Crippen LogP contribution in [-0.4, -0.2) is 20.8 Å². The third kappa shape index (κ3) is 1.35. The van der Waals surface area contributed by atoms with Gasteiger partial charge in [0.2, 0.25) is 5.95 Å². The van der Waals surface area contributed by atoms with Crippen molar-refractivity contribution in [2.75, 3.05) is 5.73 Å². The first-order chi connectivity index (χ1) is 6.81. The fraction of sp³-hybridized carbons (Fsp3) is 0. The number of hydrogen-bond donors (Lipinski definition) is 1. The van der Waals surface area contributed by atoms with E-state index in [0.29, 0.717) is 11.5 Å². The van der Waals surface area contributed by atoms with E-state index < -0.39 is 0 Å². The van der Waals surface area contributed by atoms with Crippen molar-refractivity contribution in [3.63, 3.8) is 0 Å². The van der Waals surface area contributed by atoms with Crippen molar-refractivity contribution in [2.24, 2.45) is 0 Å². The van der Waals surface area contributed by atoms with Gasteiger partial charge in [0.25, 0.3) is 0 Å². The van der Waals surface area contributed by atoms with Crippen LogP contribution in [0.5, 0.6) is 0 Å². The third-order valence-electron chi connectivity index (χ3n) is 1.83. The number of carbonyl (C=O) groups excluding carboxylic acids is 1. The molecule has 0 radical (unpaired) electrons. The van der Waals surface area contributed by atoms with Gasteiger partial charge in [-0.2, -0.15) is 0 Å². The summed E-state index contributed by atoms with van der Waals surface area (Å²) < 4.78 is 1.65. The molecule has 2 N–H and O–H groups in total. The molecule has 0 aliphatic rings. The molecule has 0 saturated heterocycles. The van der Waals surface area contributed by atoms with Crippen LogP contribution in [-0.2, 0) is 0 Å². The summed E-state index contributed by atoms with van der Waals surface area (Å²) in [5.74, 6) is 0.370. The van der Waals surface area contributed by atoms with Crippen molar-refractivity contribution in [3.8, 4) is 5.69 Å². The molecule has 0 fully saturated rings. The zero-order valence-corrected chi connectivity index (χ0v) is 7.29. The van der Waals surface area contributed by atoms with Gasteiger partial charge >= 0.3 is 0 Å². The zero-order valence-electron chi connectivity index (χ0n) is 7.29. The predicted molar refractivity (Wildman–Crippen MR) is 51.2 cm³/mol. The Labute approximate surface area is 80.2 Å². The van der Waals surface area contributed by atoms with E-state index >= 15 is 0 Å². The summed E-state index contributed by atoms with van der Waals surface area (Å²) in [5, 5.41) is 0. The van der Waals surface area contributed by atoms with Crippen LogP contribution in [0, 0.1) is 0 Å². The Morgan fingerprint density at radius 3 is 2.93 bits per heavy atom. The maximum Gasteiger partial charge on any atom is 0.204 e. The van der Waals surface area contributed by atoms with Gasteiger partial charge in [0.15, 0.2) is 6.29 Å². The normalized spacial score (nSPS) is 10.0. The van der Waals surface area contributed by atoms with Gasteiger partial charge in [-0.05, 0) is 6.07 Å². The predicted octanol–water partition coefficient (Wildman–Crippen LogP) is 0.662. The number of nitrogen functional groups attached to an aromatic ring is 1. The topological polar surface area (TPSA) is 73.8 Å². The summed E-state index contributed by atoms with van der Waals surface area (Å²) >= 11 is 0. The Morgan fingerprint density at radius 1 is 1.43 bits per heavy atom. The van der Waals surface area contributed by atoms with Gasteiger partial charge in [-0.3, -0.25) is 14.3 Å². The average molecular weight is 188 g/mol. The number of rotatable bonds is 2. The summed E-state index contributed by atoms with van der Waals surface area (Å²) in [5.41, 5.74) is 6.84. The van der Waals surface area contributed by atoms with Gasteiger partial charge in [-0.25, -0.2) is 4.98 Å². The number of pyridine rings is 1. The highest BCUT2D eigenvalue weighted by molar-refractivity contribution is 5.75. The molecule has 70 valence electrons. The average Bonchev–Trinajstić information content (AvgIpc) is 2.65. The molecule has 0 aromatic carbocycles. The van der Waals surface area contributed by atoms with Crippen LogP contribution in [0.4, 0.5) is 5.95 Å². The maximum atomic E-state index is 10.5. The molecule has 2 aromatic rings. The Kier molecular flexibility index (Phi) is 1.98. The molecule has 0 bridgehead atoms. The Morgan fingerprint density at radius 2 is 2.29 bits per heavy atom. The molecule has 0 unspecified atom stereocenters. The Balaban J connectivity index is 2.52. The molecule has 2 aromatic heterocycles. The smallest absolute Gasteiger partial charge is 0.204 e. The SMILES string of the molecule is Nc1nccn1-c1cncc(C=O)c1. The summed E-state index contributed by atoms with van der Waals surface area (Å²) in [6, 6.07) is 1.69. The first kappa shape index (κ1) is 8.43. The van der Waals surface area contributed by atoms with E-state index in [2.05, 4.69) is 9.97 Å². The number of aromatic nitrogens is 3. The van der Waals surface area contributed by atoms with Crippen LogP contribution < -0.4 is 5.73 Å². The number of anilines is 1.